The van der Waals surface area contributed by atoms with Gasteiger partial charge in [-0.25, -0.2) is 9.37 Å². The molecule has 2 N–H and O–H groups in total. The summed E-state index contributed by atoms with van der Waals surface area (Å²) in [5, 5.41) is 13.2. The molecule has 1 aromatic heterocycles. The Morgan fingerprint density at radius 3 is 2.62 bits per heavy atom. The van der Waals surface area contributed by atoms with Gasteiger partial charge >= 0.3 is 0 Å². The van der Waals surface area contributed by atoms with Crippen LogP contribution in [0.2, 0.25) is 0 Å². The summed E-state index contributed by atoms with van der Waals surface area (Å²) in [5.74, 6) is -1.81. The highest BCUT2D eigenvalue weighted by atomic mass is 19.1. The minimum absolute atomic E-state index is 0.0580. The Kier molecular flexibility index (Phi) is 7.71. The summed E-state index contributed by atoms with van der Waals surface area (Å²) < 4.78 is 20.6. The van der Waals surface area contributed by atoms with Gasteiger partial charge in [-0.3, -0.25) is 19.0 Å². The van der Waals surface area contributed by atoms with Gasteiger partial charge in [0.25, 0.3) is 11.5 Å². The molecule has 9 nitrogen and oxygen atoms in total. The molecule has 184 valence electrons. The number of aromatic nitrogens is 2. The monoisotopic (exact) mass is 474 g/mol. The number of carbonyl (C=O) groups excluding carboxylic acids is 2. The summed E-state index contributed by atoms with van der Waals surface area (Å²) in [7, 11) is 3.25. The number of halogens is 1. The maximum absolute atomic E-state index is 13.1. The maximum atomic E-state index is 13.1. The van der Waals surface area contributed by atoms with Crippen LogP contribution in [0.4, 0.5) is 4.39 Å². The Morgan fingerprint density at radius 1 is 1.32 bits per heavy atom. The van der Waals surface area contributed by atoms with E-state index < -0.39 is 34.3 Å². The van der Waals surface area contributed by atoms with E-state index in [0.29, 0.717) is 31.4 Å². The molecule has 0 saturated heterocycles. The SMILES string of the molecule is CCC1(OCC(=O)N(C)C)CCC(C)Cn2c1nc(C(=O)NCc1ccc(F)cc1)c(O)c2=O. The summed E-state index contributed by atoms with van der Waals surface area (Å²) in [6.45, 7) is 4.00. The normalized spacial score (nSPS) is 19.7. The first kappa shape index (κ1) is 25.4. The third-order valence-electron chi connectivity index (χ3n) is 6.21. The second-order valence-corrected chi connectivity index (χ2v) is 8.93. The van der Waals surface area contributed by atoms with Crippen LogP contribution in [-0.2, 0) is 28.2 Å². The fraction of sp³-hybridized carbons (Fsp3) is 0.500. The van der Waals surface area contributed by atoms with Gasteiger partial charge in [-0.2, -0.15) is 0 Å². The van der Waals surface area contributed by atoms with Gasteiger partial charge in [-0.1, -0.05) is 26.0 Å². The van der Waals surface area contributed by atoms with Crippen molar-refractivity contribution in [1.29, 1.82) is 0 Å². The number of nitrogens with zero attached hydrogens (tertiary/aromatic N) is 3. The zero-order valence-corrected chi connectivity index (χ0v) is 19.9. The molecule has 0 aliphatic carbocycles. The number of nitrogens with one attached hydrogen (secondary N) is 1. The number of likely N-dealkylation sites (N-methyl/N-ethyl adjacent to an activating group) is 1. The molecule has 2 unspecified atom stereocenters. The van der Waals surface area contributed by atoms with Crippen molar-refractivity contribution < 1.29 is 23.8 Å². The molecule has 0 saturated carbocycles. The average Bonchev–Trinajstić information content (AvgIpc) is 2.95. The number of carbonyl (C=O) groups is 2. The van der Waals surface area contributed by atoms with Crippen molar-refractivity contribution in [1.82, 2.24) is 19.8 Å². The van der Waals surface area contributed by atoms with E-state index in [1.165, 1.54) is 33.7 Å². The summed E-state index contributed by atoms with van der Waals surface area (Å²) in [4.78, 5) is 44.1. The molecule has 2 amide bonds. The van der Waals surface area contributed by atoms with E-state index in [-0.39, 0.29) is 30.8 Å². The largest absolute Gasteiger partial charge is 0.501 e. The fourth-order valence-corrected chi connectivity index (χ4v) is 3.99. The highest BCUT2D eigenvalue weighted by Gasteiger charge is 2.41. The number of ether oxygens (including phenoxy) is 1. The first-order valence-corrected chi connectivity index (χ1v) is 11.3. The van der Waals surface area contributed by atoms with Gasteiger partial charge in [0, 0.05) is 27.2 Å². The summed E-state index contributed by atoms with van der Waals surface area (Å²) in [6, 6.07) is 5.59. The quantitative estimate of drug-likeness (QED) is 0.636. The number of fused-ring (bicyclic) bond motifs is 1. The first-order valence-electron chi connectivity index (χ1n) is 11.3. The third-order valence-corrected chi connectivity index (χ3v) is 6.21. The van der Waals surface area contributed by atoms with Crippen LogP contribution in [0, 0.1) is 11.7 Å². The Morgan fingerprint density at radius 2 is 2.00 bits per heavy atom. The molecule has 2 atom stereocenters. The standard InChI is InChI=1S/C24H31FN4O5/c1-5-24(34-14-18(30)28(3)4)11-10-15(2)13-29-22(33)20(31)19(27-23(24)29)21(32)26-12-16-6-8-17(25)9-7-16/h6-9,15,31H,5,10-14H2,1-4H3,(H,26,32). The molecule has 2 aromatic rings. The third kappa shape index (κ3) is 5.27. The van der Waals surface area contributed by atoms with Crippen LogP contribution in [0.3, 0.4) is 0 Å². The molecule has 1 aliphatic heterocycles. The van der Waals surface area contributed by atoms with Crippen molar-refractivity contribution >= 4 is 11.8 Å². The van der Waals surface area contributed by atoms with Crippen molar-refractivity contribution in [3.8, 4) is 5.75 Å². The number of benzene rings is 1. The molecule has 0 radical (unpaired) electrons. The molecule has 3 rings (SSSR count). The highest BCUT2D eigenvalue weighted by Crippen LogP contribution is 2.38. The number of hydrogen-bond donors (Lipinski definition) is 2. The first-order chi connectivity index (χ1) is 16.1. The van der Waals surface area contributed by atoms with E-state index in [1.807, 2.05) is 13.8 Å². The number of hydrogen-bond acceptors (Lipinski definition) is 6. The molecule has 0 bridgehead atoms. The van der Waals surface area contributed by atoms with Gasteiger partial charge in [0.1, 0.15) is 23.8 Å². The average molecular weight is 475 g/mol. The zero-order valence-electron chi connectivity index (χ0n) is 19.9. The summed E-state index contributed by atoms with van der Waals surface area (Å²) in [6.07, 6.45) is 1.62. The Balaban J connectivity index is 2.00. The molecule has 1 aromatic carbocycles. The van der Waals surface area contributed by atoms with Crippen molar-refractivity contribution in [3.05, 3.63) is 57.5 Å². The molecule has 0 spiro atoms. The van der Waals surface area contributed by atoms with Crippen LogP contribution in [0.25, 0.3) is 0 Å². The second kappa shape index (κ2) is 10.3. The molecular formula is C24H31FN4O5. The van der Waals surface area contributed by atoms with Gasteiger partial charge in [-0.15, -0.1) is 0 Å². The topological polar surface area (TPSA) is 114 Å². The summed E-state index contributed by atoms with van der Waals surface area (Å²) >= 11 is 0. The van der Waals surface area contributed by atoms with Crippen molar-refractivity contribution in [3.63, 3.8) is 0 Å². The number of rotatable bonds is 7. The Hall–Kier alpha value is -3.27. The van der Waals surface area contributed by atoms with E-state index in [9.17, 15) is 23.9 Å². The van der Waals surface area contributed by atoms with E-state index in [0.717, 1.165) is 0 Å². The minimum atomic E-state index is -1.07. The molecule has 1 aliphatic rings. The van der Waals surface area contributed by atoms with Gasteiger partial charge in [0.05, 0.1) is 0 Å². The fourth-order valence-electron chi connectivity index (χ4n) is 3.99. The van der Waals surface area contributed by atoms with Crippen molar-refractivity contribution in [2.24, 2.45) is 5.92 Å². The van der Waals surface area contributed by atoms with Crippen LogP contribution >= 0.6 is 0 Å². The lowest BCUT2D eigenvalue weighted by atomic mass is 9.91. The van der Waals surface area contributed by atoms with Crippen LogP contribution < -0.4 is 10.9 Å². The van der Waals surface area contributed by atoms with Crippen molar-refractivity contribution in [2.75, 3.05) is 20.7 Å². The van der Waals surface area contributed by atoms with E-state index in [1.54, 1.807) is 14.1 Å². The van der Waals surface area contributed by atoms with E-state index in [4.69, 9.17) is 4.74 Å². The maximum Gasteiger partial charge on any atom is 0.296 e. The van der Waals surface area contributed by atoms with Gasteiger partial charge in [0.2, 0.25) is 11.7 Å². The van der Waals surface area contributed by atoms with Crippen LogP contribution in [0.5, 0.6) is 5.75 Å². The lowest BCUT2D eigenvalue weighted by Crippen LogP contribution is -2.41. The number of aromatic hydroxyl groups is 1. The van der Waals surface area contributed by atoms with E-state index in [2.05, 4.69) is 10.3 Å². The predicted molar refractivity (Wildman–Crippen MR) is 123 cm³/mol. The van der Waals surface area contributed by atoms with Crippen LogP contribution in [0.1, 0.15) is 55.0 Å². The Labute approximate surface area is 197 Å². The smallest absolute Gasteiger partial charge is 0.296 e. The summed E-state index contributed by atoms with van der Waals surface area (Å²) in [5.41, 5.74) is -1.57. The minimum Gasteiger partial charge on any atom is -0.501 e. The molecule has 2 heterocycles. The van der Waals surface area contributed by atoms with E-state index >= 15 is 0 Å². The van der Waals surface area contributed by atoms with Gasteiger partial charge in [0.15, 0.2) is 5.69 Å². The number of amides is 2. The second-order valence-electron chi connectivity index (χ2n) is 8.93. The molecule has 10 heteroatoms. The van der Waals surface area contributed by atoms with Crippen LogP contribution in [-0.4, -0.2) is 52.1 Å². The molecule has 0 fully saturated rings. The lowest BCUT2D eigenvalue weighted by molar-refractivity contribution is -0.144. The Bertz CT molecular complexity index is 1120. The zero-order chi connectivity index (χ0) is 25.0. The van der Waals surface area contributed by atoms with Crippen LogP contribution in [0.15, 0.2) is 29.1 Å². The van der Waals surface area contributed by atoms with Gasteiger partial charge < -0.3 is 20.1 Å². The molecular weight excluding hydrogens is 443 g/mol. The van der Waals surface area contributed by atoms with Crippen molar-refractivity contribution in [2.45, 2.75) is 51.8 Å². The molecule has 34 heavy (non-hydrogen) atoms. The van der Waals surface area contributed by atoms with Gasteiger partial charge in [-0.05, 0) is 42.9 Å². The highest BCUT2D eigenvalue weighted by molar-refractivity contribution is 5.94. The predicted octanol–water partition coefficient (Wildman–Crippen LogP) is 2.16. The lowest BCUT2D eigenvalue weighted by Gasteiger charge is -2.33.